The zero-order valence-electron chi connectivity index (χ0n) is 14.1. The van der Waals surface area contributed by atoms with Crippen LogP contribution in [0.1, 0.15) is 38.1 Å². The summed E-state index contributed by atoms with van der Waals surface area (Å²) in [6, 6.07) is 9.77. The third-order valence-corrected chi connectivity index (χ3v) is 3.93. The Morgan fingerprint density at radius 3 is 1.89 bits per heavy atom. The van der Waals surface area contributed by atoms with Crippen LogP contribution in [-0.4, -0.2) is 27.0 Å². The highest BCUT2D eigenvalue weighted by Crippen LogP contribution is 2.23. The van der Waals surface area contributed by atoms with Crippen LogP contribution in [0.3, 0.4) is 0 Å². The predicted molar refractivity (Wildman–Crippen MR) is 93.9 cm³/mol. The van der Waals surface area contributed by atoms with E-state index in [1.165, 1.54) is 48.5 Å². The number of hydrogen-bond acceptors (Lipinski definition) is 4. The van der Waals surface area contributed by atoms with Crippen molar-refractivity contribution >= 4 is 11.9 Å². The van der Waals surface area contributed by atoms with Crippen LogP contribution in [0.2, 0.25) is 0 Å². The first-order chi connectivity index (χ1) is 13.3. The number of carboxylic acid groups (broad SMARTS) is 1. The van der Waals surface area contributed by atoms with E-state index >= 15 is 0 Å². The van der Waals surface area contributed by atoms with Gasteiger partial charge in [-0.1, -0.05) is 24.3 Å². The van der Waals surface area contributed by atoms with Crippen molar-refractivity contribution in [2.24, 2.45) is 0 Å². The summed E-state index contributed by atoms with van der Waals surface area (Å²) < 4.78 is 26.5. The van der Waals surface area contributed by atoms with Crippen molar-refractivity contribution in [2.75, 3.05) is 0 Å². The Morgan fingerprint density at radius 1 is 0.964 bits per heavy atom. The lowest BCUT2D eigenvalue weighted by atomic mass is 9.98. The standard InChI is InChI=1S/C19H13F2N3O4/c20-12-5-1-10(2-6-12)15(11-3-7-13(21)8-4-11)23-17(25)14-9-22-16(19(27)28)24-18(14)26/h1-9,15H,(H,23,25)(H,27,28)(H,22,24,26). The van der Waals surface area contributed by atoms with Crippen molar-refractivity contribution in [1.29, 1.82) is 0 Å². The molecule has 2 aromatic carbocycles. The minimum atomic E-state index is -1.44. The van der Waals surface area contributed by atoms with Crippen LogP contribution in [0.4, 0.5) is 8.78 Å². The van der Waals surface area contributed by atoms with Gasteiger partial charge in [-0.05, 0) is 35.4 Å². The smallest absolute Gasteiger partial charge is 0.372 e. The van der Waals surface area contributed by atoms with Gasteiger partial charge < -0.3 is 15.4 Å². The lowest BCUT2D eigenvalue weighted by molar-refractivity contribution is 0.0682. The fraction of sp³-hybridized carbons (Fsp3) is 0.0526. The van der Waals surface area contributed by atoms with Gasteiger partial charge in [0.15, 0.2) is 0 Å². The van der Waals surface area contributed by atoms with Gasteiger partial charge in [0.2, 0.25) is 5.82 Å². The Morgan fingerprint density at radius 2 is 1.46 bits per heavy atom. The van der Waals surface area contributed by atoms with Gasteiger partial charge in [-0.2, -0.15) is 0 Å². The van der Waals surface area contributed by atoms with E-state index in [9.17, 15) is 23.2 Å². The Labute approximate surface area is 156 Å². The third-order valence-electron chi connectivity index (χ3n) is 3.93. The van der Waals surface area contributed by atoms with Gasteiger partial charge in [0.25, 0.3) is 11.5 Å². The number of carboxylic acids is 1. The maximum Gasteiger partial charge on any atom is 0.372 e. The van der Waals surface area contributed by atoms with Crippen LogP contribution < -0.4 is 10.9 Å². The zero-order chi connectivity index (χ0) is 20.3. The topological polar surface area (TPSA) is 112 Å². The number of benzene rings is 2. The molecule has 0 saturated carbocycles. The molecule has 7 nitrogen and oxygen atoms in total. The van der Waals surface area contributed by atoms with Crippen molar-refractivity contribution in [1.82, 2.24) is 15.3 Å². The van der Waals surface area contributed by atoms with Crippen LogP contribution in [-0.2, 0) is 0 Å². The Bertz CT molecular complexity index is 1030. The average Bonchev–Trinajstić information content (AvgIpc) is 2.67. The molecular formula is C19H13F2N3O4. The second kappa shape index (κ2) is 7.78. The Hall–Kier alpha value is -3.88. The monoisotopic (exact) mass is 385 g/mol. The quantitative estimate of drug-likeness (QED) is 0.624. The summed E-state index contributed by atoms with van der Waals surface area (Å²) >= 11 is 0. The van der Waals surface area contributed by atoms with Crippen LogP contribution in [0, 0.1) is 11.6 Å². The van der Waals surface area contributed by atoms with Crippen molar-refractivity contribution in [3.05, 3.63) is 99.2 Å². The third kappa shape index (κ3) is 4.09. The molecule has 0 spiro atoms. The molecule has 1 heterocycles. The molecule has 0 unspecified atom stereocenters. The normalized spacial score (nSPS) is 10.7. The molecule has 0 bridgehead atoms. The molecule has 0 aliphatic rings. The number of hydrogen-bond donors (Lipinski definition) is 3. The van der Waals surface area contributed by atoms with Crippen molar-refractivity contribution < 1.29 is 23.5 Å². The lowest BCUT2D eigenvalue weighted by Crippen LogP contribution is -2.34. The number of carbonyl (C=O) groups excluding carboxylic acids is 1. The largest absolute Gasteiger partial charge is 0.475 e. The van der Waals surface area contributed by atoms with E-state index in [2.05, 4.69) is 10.3 Å². The maximum atomic E-state index is 13.3. The molecule has 9 heteroatoms. The first-order valence-electron chi connectivity index (χ1n) is 7.99. The van der Waals surface area contributed by atoms with E-state index in [0.717, 1.165) is 6.20 Å². The molecule has 0 aliphatic carbocycles. The molecule has 0 radical (unpaired) electrons. The maximum absolute atomic E-state index is 13.3. The minimum Gasteiger partial charge on any atom is -0.475 e. The molecule has 3 aromatic rings. The van der Waals surface area contributed by atoms with Crippen molar-refractivity contribution in [3.8, 4) is 0 Å². The highest BCUT2D eigenvalue weighted by Gasteiger charge is 2.21. The summed E-state index contributed by atoms with van der Waals surface area (Å²) in [6.07, 6.45) is 0.851. The molecule has 0 aliphatic heterocycles. The molecular weight excluding hydrogens is 372 g/mol. The number of amides is 1. The number of aromatic nitrogens is 2. The van der Waals surface area contributed by atoms with Gasteiger partial charge in [0.1, 0.15) is 17.2 Å². The number of carbonyl (C=O) groups is 2. The molecule has 0 saturated heterocycles. The van der Waals surface area contributed by atoms with Crippen molar-refractivity contribution in [3.63, 3.8) is 0 Å². The number of nitrogens with zero attached hydrogens (tertiary/aromatic N) is 1. The second-order valence-corrected chi connectivity index (χ2v) is 5.79. The van der Waals surface area contributed by atoms with Gasteiger partial charge in [-0.3, -0.25) is 9.59 Å². The number of aromatic amines is 1. The van der Waals surface area contributed by atoms with Gasteiger partial charge >= 0.3 is 5.97 Å². The van der Waals surface area contributed by atoms with Gasteiger partial charge in [-0.15, -0.1) is 0 Å². The highest BCUT2D eigenvalue weighted by molar-refractivity contribution is 5.94. The summed E-state index contributed by atoms with van der Waals surface area (Å²) in [5.74, 6) is -3.82. The lowest BCUT2D eigenvalue weighted by Gasteiger charge is -2.20. The van der Waals surface area contributed by atoms with E-state index in [1.54, 1.807) is 0 Å². The molecule has 0 fully saturated rings. The van der Waals surface area contributed by atoms with Gasteiger partial charge in [0, 0.05) is 6.20 Å². The number of H-pyrrole nitrogens is 1. The summed E-state index contributed by atoms with van der Waals surface area (Å²) in [5, 5.41) is 11.4. The molecule has 3 N–H and O–H groups in total. The van der Waals surface area contributed by atoms with Crippen molar-refractivity contribution in [2.45, 2.75) is 6.04 Å². The summed E-state index contributed by atoms with van der Waals surface area (Å²) in [7, 11) is 0. The Kier molecular flexibility index (Phi) is 5.25. The fourth-order valence-corrected chi connectivity index (χ4v) is 2.54. The average molecular weight is 385 g/mol. The minimum absolute atomic E-state index is 0.403. The number of nitrogens with one attached hydrogen (secondary N) is 2. The predicted octanol–water partition coefficient (Wildman–Crippen LogP) is 2.27. The van der Waals surface area contributed by atoms with E-state index < -0.39 is 46.5 Å². The molecule has 142 valence electrons. The van der Waals surface area contributed by atoms with E-state index in [4.69, 9.17) is 5.11 Å². The summed E-state index contributed by atoms with van der Waals surface area (Å²) in [4.78, 5) is 40.9. The second-order valence-electron chi connectivity index (χ2n) is 5.79. The van der Waals surface area contributed by atoms with E-state index in [1.807, 2.05) is 4.98 Å². The van der Waals surface area contributed by atoms with Crippen LogP contribution in [0.25, 0.3) is 0 Å². The number of aromatic carboxylic acids is 1. The van der Waals surface area contributed by atoms with E-state index in [-0.39, 0.29) is 0 Å². The molecule has 28 heavy (non-hydrogen) atoms. The molecule has 1 aromatic heterocycles. The van der Waals surface area contributed by atoms with Gasteiger partial charge in [-0.25, -0.2) is 18.6 Å². The summed E-state index contributed by atoms with van der Waals surface area (Å²) in [6.45, 7) is 0. The molecule has 0 atom stereocenters. The first-order valence-corrected chi connectivity index (χ1v) is 7.99. The number of rotatable bonds is 5. The van der Waals surface area contributed by atoms with Crippen LogP contribution in [0.15, 0.2) is 59.5 Å². The van der Waals surface area contributed by atoms with Gasteiger partial charge in [0.05, 0.1) is 6.04 Å². The Balaban J connectivity index is 1.96. The molecule has 1 amide bonds. The SMILES string of the molecule is O=C(O)c1ncc(C(=O)NC(c2ccc(F)cc2)c2ccc(F)cc2)c(=O)[nH]1. The number of halogens is 2. The fourth-order valence-electron chi connectivity index (χ4n) is 2.54. The summed E-state index contributed by atoms with van der Waals surface area (Å²) in [5.41, 5.74) is -0.345. The van der Waals surface area contributed by atoms with E-state index in [0.29, 0.717) is 11.1 Å². The zero-order valence-corrected chi connectivity index (χ0v) is 14.1. The van der Waals surface area contributed by atoms with Crippen LogP contribution >= 0.6 is 0 Å². The van der Waals surface area contributed by atoms with Crippen LogP contribution in [0.5, 0.6) is 0 Å². The molecule has 3 rings (SSSR count). The first kappa shape index (κ1) is 18.9. The highest BCUT2D eigenvalue weighted by atomic mass is 19.1.